The molecule has 1 heterocycles. The van der Waals surface area contributed by atoms with Crippen LogP contribution in [0.4, 0.5) is 4.39 Å². The van der Waals surface area contributed by atoms with Crippen LogP contribution in [0.5, 0.6) is 5.75 Å². The van der Waals surface area contributed by atoms with E-state index in [-0.39, 0.29) is 36.0 Å². The van der Waals surface area contributed by atoms with Crippen LogP contribution in [-0.4, -0.2) is 53.4 Å². The van der Waals surface area contributed by atoms with Gasteiger partial charge in [-0.15, -0.1) is 0 Å². The summed E-state index contributed by atoms with van der Waals surface area (Å²) < 4.78 is 18.7. The van der Waals surface area contributed by atoms with Crippen molar-refractivity contribution in [1.29, 1.82) is 0 Å². The molecular weight excluding hydrogens is 373 g/mol. The predicted octanol–water partition coefficient (Wildman–Crippen LogP) is 2.42. The molecule has 2 N–H and O–H groups in total. The molecular formula is C22H26FN3O3. The summed E-state index contributed by atoms with van der Waals surface area (Å²) in [6.45, 7) is 5.90. The Hall–Kier alpha value is -2.93. The molecule has 0 saturated carbocycles. The first kappa shape index (κ1) is 20.8. The summed E-state index contributed by atoms with van der Waals surface area (Å²) in [7, 11) is 0. The summed E-state index contributed by atoms with van der Waals surface area (Å²) in [5.74, 6) is -0.665. The lowest BCUT2D eigenvalue weighted by atomic mass is 10.1. The molecule has 1 saturated heterocycles. The molecule has 0 aromatic heterocycles. The number of ether oxygens (including phenoxy) is 1. The second-order valence-corrected chi connectivity index (χ2v) is 7.45. The zero-order valence-electron chi connectivity index (χ0n) is 16.7. The fourth-order valence-electron chi connectivity index (χ4n) is 3.61. The normalized spacial score (nSPS) is 19.8. The maximum Gasteiger partial charge on any atom is 0.260 e. The first-order chi connectivity index (χ1) is 13.8. The number of carbonyl (C=O) groups excluding carboxylic acids is 2. The molecule has 154 valence electrons. The van der Waals surface area contributed by atoms with Crippen LogP contribution < -0.4 is 10.5 Å². The van der Waals surface area contributed by atoms with Crippen molar-refractivity contribution in [2.24, 2.45) is 5.73 Å². The number of rotatable bonds is 6. The molecule has 3 rings (SSSR count). The van der Waals surface area contributed by atoms with Crippen LogP contribution in [0.3, 0.4) is 0 Å². The highest BCUT2D eigenvalue weighted by Crippen LogP contribution is 2.20. The van der Waals surface area contributed by atoms with Crippen LogP contribution in [0, 0.1) is 5.82 Å². The number of nitrogens with zero attached hydrogens (tertiary/aromatic N) is 2. The van der Waals surface area contributed by atoms with Crippen molar-refractivity contribution in [2.75, 3.05) is 19.7 Å². The third-order valence-corrected chi connectivity index (χ3v) is 5.24. The van der Waals surface area contributed by atoms with Gasteiger partial charge in [0.25, 0.3) is 11.8 Å². The third-order valence-electron chi connectivity index (χ3n) is 5.24. The molecule has 1 aliphatic rings. The minimum absolute atomic E-state index is 0.00846. The van der Waals surface area contributed by atoms with Crippen molar-refractivity contribution in [1.82, 2.24) is 9.80 Å². The second-order valence-electron chi connectivity index (χ2n) is 7.45. The number of benzene rings is 2. The summed E-state index contributed by atoms with van der Waals surface area (Å²) in [5, 5.41) is 0. The van der Waals surface area contributed by atoms with Crippen LogP contribution in [0.1, 0.15) is 29.8 Å². The molecule has 0 aliphatic carbocycles. The summed E-state index contributed by atoms with van der Waals surface area (Å²) >= 11 is 0. The van der Waals surface area contributed by atoms with Crippen molar-refractivity contribution in [3.8, 4) is 5.75 Å². The van der Waals surface area contributed by atoms with Gasteiger partial charge in [-0.25, -0.2) is 4.39 Å². The van der Waals surface area contributed by atoms with Gasteiger partial charge in [-0.05, 0) is 43.7 Å². The molecule has 29 heavy (non-hydrogen) atoms. The lowest BCUT2D eigenvalue weighted by molar-refractivity contribution is -0.139. The van der Waals surface area contributed by atoms with E-state index in [1.54, 1.807) is 41.3 Å². The topological polar surface area (TPSA) is 75.9 Å². The Bertz CT molecular complexity index is 872. The number of amides is 2. The molecule has 0 spiro atoms. The molecule has 7 heteroatoms. The maximum atomic E-state index is 13.1. The largest absolute Gasteiger partial charge is 0.483 e. The molecule has 1 aliphatic heterocycles. The number of primary amides is 1. The number of para-hydroxylation sites is 1. The van der Waals surface area contributed by atoms with Gasteiger partial charge in [0.05, 0.1) is 5.56 Å². The van der Waals surface area contributed by atoms with E-state index in [0.29, 0.717) is 25.4 Å². The molecule has 2 atom stereocenters. The number of hydrogen-bond donors (Lipinski definition) is 1. The first-order valence-corrected chi connectivity index (χ1v) is 9.64. The van der Waals surface area contributed by atoms with Crippen LogP contribution in [0.25, 0.3) is 0 Å². The van der Waals surface area contributed by atoms with Gasteiger partial charge in [0, 0.05) is 31.7 Å². The lowest BCUT2D eigenvalue weighted by Gasteiger charge is -2.44. The minimum Gasteiger partial charge on any atom is -0.483 e. The van der Waals surface area contributed by atoms with E-state index < -0.39 is 5.91 Å². The maximum absolute atomic E-state index is 13.1. The van der Waals surface area contributed by atoms with Gasteiger partial charge in [0.1, 0.15) is 11.6 Å². The SMILES string of the molecule is C[C@@H]1CN(Cc2ccc(F)cc2)[C@@H](C)CN1C(=O)COc1ccccc1C(N)=O. The average molecular weight is 399 g/mol. The van der Waals surface area contributed by atoms with Crippen molar-refractivity contribution < 1.29 is 18.7 Å². The van der Waals surface area contributed by atoms with Crippen LogP contribution >= 0.6 is 0 Å². The Morgan fingerprint density at radius 3 is 2.45 bits per heavy atom. The fourth-order valence-corrected chi connectivity index (χ4v) is 3.61. The van der Waals surface area contributed by atoms with Crippen molar-refractivity contribution >= 4 is 11.8 Å². The number of piperazine rings is 1. The minimum atomic E-state index is -0.593. The Balaban J connectivity index is 1.59. The summed E-state index contributed by atoms with van der Waals surface area (Å²) in [5.41, 5.74) is 6.64. The van der Waals surface area contributed by atoms with Crippen LogP contribution in [0.15, 0.2) is 48.5 Å². The van der Waals surface area contributed by atoms with Gasteiger partial charge in [-0.2, -0.15) is 0 Å². The average Bonchev–Trinajstić information content (AvgIpc) is 2.70. The molecule has 6 nitrogen and oxygen atoms in total. The molecule has 2 aromatic carbocycles. The number of halogens is 1. The molecule has 0 radical (unpaired) electrons. The van der Waals surface area contributed by atoms with Gasteiger partial charge >= 0.3 is 0 Å². The van der Waals surface area contributed by atoms with Crippen molar-refractivity contribution in [3.63, 3.8) is 0 Å². The van der Waals surface area contributed by atoms with E-state index in [9.17, 15) is 14.0 Å². The zero-order valence-corrected chi connectivity index (χ0v) is 16.7. The van der Waals surface area contributed by atoms with Gasteiger partial charge in [-0.3, -0.25) is 14.5 Å². The van der Waals surface area contributed by atoms with Crippen molar-refractivity contribution in [2.45, 2.75) is 32.5 Å². The number of carbonyl (C=O) groups is 2. The highest BCUT2D eigenvalue weighted by Gasteiger charge is 2.32. The highest BCUT2D eigenvalue weighted by molar-refractivity contribution is 5.95. The van der Waals surface area contributed by atoms with E-state index in [1.165, 1.54) is 12.1 Å². The van der Waals surface area contributed by atoms with Gasteiger partial charge in [0.15, 0.2) is 6.61 Å². The standard InChI is InChI=1S/C22H26FN3O3/c1-15-12-26(16(2)11-25(15)13-17-7-9-18(23)10-8-17)21(27)14-29-20-6-4-3-5-19(20)22(24)28/h3-10,15-16H,11-14H2,1-2H3,(H2,24,28)/t15-,16+/m0/s1. The van der Waals surface area contributed by atoms with E-state index in [4.69, 9.17) is 10.5 Å². The van der Waals surface area contributed by atoms with Gasteiger partial charge < -0.3 is 15.4 Å². The smallest absolute Gasteiger partial charge is 0.260 e. The third kappa shape index (κ3) is 5.12. The number of nitrogens with two attached hydrogens (primary N) is 1. The zero-order chi connectivity index (χ0) is 21.0. The van der Waals surface area contributed by atoms with Crippen LogP contribution in [-0.2, 0) is 11.3 Å². The summed E-state index contributed by atoms with van der Waals surface area (Å²) in [6.07, 6.45) is 0. The Morgan fingerprint density at radius 2 is 1.76 bits per heavy atom. The van der Waals surface area contributed by atoms with E-state index in [2.05, 4.69) is 11.8 Å². The lowest BCUT2D eigenvalue weighted by Crippen LogP contribution is -2.58. The van der Waals surface area contributed by atoms with Gasteiger partial charge in [0.2, 0.25) is 0 Å². The Kier molecular flexibility index (Phi) is 6.49. The van der Waals surface area contributed by atoms with E-state index in [0.717, 1.165) is 5.56 Å². The summed E-state index contributed by atoms with van der Waals surface area (Å²) in [4.78, 5) is 28.3. The molecule has 2 aromatic rings. The second kappa shape index (κ2) is 9.05. The Labute approximate surface area is 170 Å². The molecule has 0 unspecified atom stereocenters. The van der Waals surface area contributed by atoms with Crippen LogP contribution in [0.2, 0.25) is 0 Å². The molecule has 2 amide bonds. The molecule has 1 fully saturated rings. The Morgan fingerprint density at radius 1 is 1.07 bits per heavy atom. The number of hydrogen-bond acceptors (Lipinski definition) is 4. The summed E-state index contributed by atoms with van der Waals surface area (Å²) in [6, 6.07) is 13.3. The fraction of sp³-hybridized carbons (Fsp3) is 0.364. The van der Waals surface area contributed by atoms with Crippen molar-refractivity contribution in [3.05, 3.63) is 65.5 Å². The van der Waals surface area contributed by atoms with Gasteiger partial charge in [-0.1, -0.05) is 24.3 Å². The monoisotopic (exact) mass is 399 g/mol. The quantitative estimate of drug-likeness (QED) is 0.810. The van der Waals surface area contributed by atoms with E-state index >= 15 is 0 Å². The highest BCUT2D eigenvalue weighted by atomic mass is 19.1. The van der Waals surface area contributed by atoms with E-state index in [1.807, 2.05) is 6.92 Å². The predicted molar refractivity (Wildman–Crippen MR) is 108 cm³/mol. The first-order valence-electron chi connectivity index (χ1n) is 9.64. The molecule has 0 bridgehead atoms.